The van der Waals surface area contributed by atoms with Gasteiger partial charge in [-0.05, 0) is 43.9 Å². The molecule has 4 unspecified atom stereocenters. The van der Waals surface area contributed by atoms with E-state index in [-0.39, 0.29) is 96.3 Å². The van der Waals surface area contributed by atoms with Crippen molar-refractivity contribution in [2.24, 2.45) is 11.8 Å². The Morgan fingerprint density at radius 2 is 1.21 bits per heavy atom. The normalized spacial score (nSPS) is 13.5. The average Bonchev–Trinajstić information content (AvgIpc) is 2.95. The van der Waals surface area contributed by atoms with Crippen LogP contribution in [0.5, 0.6) is 0 Å². The topological polar surface area (TPSA) is 133 Å². The van der Waals surface area contributed by atoms with Crippen LogP contribution in [0.4, 0.5) is 0 Å². The van der Waals surface area contributed by atoms with Crippen LogP contribution in [-0.4, -0.2) is 115 Å². The summed E-state index contributed by atoms with van der Waals surface area (Å²) in [5.41, 5.74) is 0. The molecule has 0 amide bonds. The number of unbranched alkanes of at least 4 members (excludes halogenated alkanes) is 4. The van der Waals surface area contributed by atoms with Gasteiger partial charge in [0.25, 0.3) is 10.1 Å². The predicted octanol–water partition coefficient (Wildman–Crippen LogP) is 5.41. The van der Waals surface area contributed by atoms with Crippen molar-refractivity contribution in [2.45, 2.75) is 143 Å². The quantitative estimate of drug-likeness (QED) is 0.0350. The van der Waals surface area contributed by atoms with Gasteiger partial charge in [-0.3, -0.25) is 18.9 Å². The number of rotatable bonds is 23. The zero-order valence-corrected chi connectivity index (χ0v) is 32.9. The van der Waals surface area contributed by atoms with Crippen LogP contribution in [-0.2, 0) is 38.7 Å². The van der Waals surface area contributed by atoms with Gasteiger partial charge in [-0.25, -0.2) is 0 Å². The van der Waals surface area contributed by atoms with Crippen LogP contribution in [0, 0.1) is 11.8 Å². The van der Waals surface area contributed by atoms with Gasteiger partial charge in [0.2, 0.25) is 0 Å². The van der Waals surface area contributed by atoms with Crippen molar-refractivity contribution in [3.8, 4) is 0 Å². The van der Waals surface area contributed by atoms with Gasteiger partial charge < -0.3 is 14.2 Å². The van der Waals surface area contributed by atoms with Crippen molar-refractivity contribution in [3.63, 3.8) is 0 Å². The Balaban J connectivity index is -0.000000429. The number of hydrogen-bond donors (Lipinski definition) is 2. The Labute approximate surface area is 306 Å². The second kappa shape index (κ2) is 32.4. The summed E-state index contributed by atoms with van der Waals surface area (Å²) in [5.74, 6) is -1.62. The van der Waals surface area contributed by atoms with E-state index in [0.29, 0.717) is 0 Å². The maximum atomic E-state index is 12.2. The third-order valence-corrected chi connectivity index (χ3v) is 8.35. The SMILES string of the molecule is CCCCC(CC)COC(=O)CC(C(=O)OCC(CC)CCCC)S(=O)(=O)O.CCCCCC(CC)OC(=O)CS.[NaH].[SnH2]. The minimum atomic E-state index is -4.76. The van der Waals surface area contributed by atoms with Crippen LogP contribution < -0.4 is 0 Å². The molecule has 0 aromatic heterocycles. The molecule has 4 atom stereocenters. The molecule has 0 bridgehead atoms. The first-order chi connectivity index (χ1) is 19.4. The fourth-order valence-electron chi connectivity index (χ4n) is 4.01. The number of ether oxygens (including phenoxy) is 3. The molecule has 13 heteroatoms. The van der Waals surface area contributed by atoms with E-state index in [1.54, 1.807) is 0 Å². The number of carbonyl (C=O) groups excluding carboxylic acids is 3. The molecule has 252 valence electrons. The van der Waals surface area contributed by atoms with E-state index >= 15 is 0 Å². The van der Waals surface area contributed by atoms with E-state index in [1.165, 1.54) is 12.8 Å². The molecule has 0 aromatic rings. The second-order valence-electron chi connectivity index (χ2n) is 10.5. The summed E-state index contributed by atoms with van der Waals surface area (Å²) in [6, 6.07) is 0. The fraction of sp³-hybridized carbons (Fsp3) is 0.900. The molecular weight excluding hydrogens is 710 g/mol. The Bertz CT molecular complexity index is 801. The van der Waals surface area contributed by atoms with E-state index in [1.807, 2.05) is 20.8 Å². The van der Waals surface area contributed by atoms with Gasteiger partial charge in [0.05, 0.1) is 25.4 Å². The van der Waals surface area contributed by atoms with Gasteiger partial charge in [-0.15, -0.1) is 0 Å². The number of thiol groups is 1. The van der Waals surface area contributed by atoms with Crippen LogP contribution in [0.3, 0.4) is 0 Å². The van der Waals surface area contributed by atoms with Crippen LogP contribution in [0.2, 0.25) is 0 Å². The zero-order chi connectivity index (χ0) is 31.7. The first-order valence-electron chi connectivity index (χ1n) is 15.5. The summed E-state index contributed by atoms with van der Waals surface area (Å²) in [6.45, 7) is 12.6. The van der Waals surface area contributed by atoms with Gasteiger partial charge in [0.1, 0.15) is 6.10 Å². The third kappa shape index (κ3) is 28.4. The predicted molar refractivity (Wildman–Crippen MR) is 182 cm³/mol. The minimum absolute atomic E-state index is 0. The molecule has 0 spiro atoms. The Morgan fingerprint density at radius 1 is 0.721 bits per heavy atom. The second-order valence-corrected chi connectivity index (χ2v) is 12.4. The molecular formula is C30H61NaO9S2Sn. The van der Waals surface area contributed by atoms with E-state index in [4.69, 9.17) is 14.2 Å². The molecule has 1 N–H and O–H groups in total. The molecule has 43 heavy (non-hydrogen) atoms. The number of carbonyl (C=O) groups is 3. The van der Waals surface area contributed by atoms with Crippen molar-refractivity contribution >= 4 is 94.1 Å². The summed E-state index contributed by atoms with van der Waals surface area (Å²) in [6.07, 6.45) is 12.3. The monoisotopic (exact) mass is 772 g/mol. The van der Waals surface area contributed by atoms with E-state index in [0.717, 1.165) is 70.6 Å². The van der Waals surface area contributed by atoms with Gasteiger partial charge >= 0.3 is 71.4 Å². The molecule has 9 nitrogen and oxygen atoms in total. The summed E-state index contributed by atoms with van der Waals surface area (Å²) in [5, 5.41) is -1.95. The number of esters is 3. The van der Waals surface area contributed by atoms with E-state index < -0.39 is 33.7 Å². The molecule has 0 aliphatic rings. The van der Waals surface area contributed by atoms with Crippen LogP contribution in [0.15, 0.2) is 0 Å². The Kier molecular flexibility index (Phi) is 37.9. The molecule has 0 aromatic carbocycles. The molecule has 0 heterocycles. The average molecular weight is 772 g/mol. The van der Waals surface area contributed by atoms with Crippen molar-refractivity contribution in [1.82, 2.24) is 0 Å². The third-order valence-electron chi connectivity index (χ3n) is 7.01. The Morgan fingerprint density at radius 3 is 1.60 bits per heavy atom. The summed E-state index contributed by atoms with van der Waals surface area (Å²) < 4.78 is 47.9. The van der Waals surface area contributed by atoms with Crippen molar-refractivity contribution in [2.75, 3.05) is 19.0 Å². The van der Waals surface area contributed by atoms with Gasteiger partial charge in [-0.2, -0.15) is 21.0 Å². The fourth-order valence-corrected chi connectivity index (χ4v) is 4.74. The summed E-state index contributed by atoms with van der Waals surface area (Å²) >= 11 is 3.86. The van der Waals surface area contributed by atoms with Crippen molar-refractivity contribution < 1.29 is 41.6 Å². The molecule has 0 aliphatic heterocycles. The van der Waals surface area contributed by atoms with Crippen LogP contribution >= 0.6 is 12.6 Å². The van der Waals surface area contributed by atoms with Gasteiger partial charge in [0.15, 0.2) is 5.25 Å². The van der Waals surface area contributed by atoms with E-state index in [9.17, 15) is 27.4 Å². The standard InChI is InChI=1S/C20H38O7S.C10H20O2S.Na.Sn.3H/c1-5-9-11-16(7-3)14-26-19(21)13-18(28(23,24)25)20(22)27-15-17(8-4)12-10-6-2;1-3-5-6-7-9(4-2)12-10(11)8-13;;;;;/h16-18H,5-15H2,1-4H3,(H,23,24,25);9,13H,3-8H2,1-2H3;;;;;. The molecule has 0 fully saturated rings. The Hall–Kier alpha value is 0.469. The van der Waals surface area contributed by atoms with Gasteiger partial charge in [-0.1, -0.05) is 92.9 Å². The van der Waals surface area contributed by atoms with Crippen LogP contribution in [0.1, 0.15) is 131 Å². The molecule has 2 radical (unpaired) electrons. The maximum absolute atomic E-state index is 12.2. The van der Waals surface area contributed by atoms with E-state index in [2.05, 4.69) is 33.4 Å². The molecule has 0 saturated heterocycles. The summed E-state index contributed by atoms with van der Waals surface area (Å²) in [7, 11) is -4.76. The molecule has 0 aliphatic carbocycles. The van der Waals surface area contributed by atoms with Crippen molar-refractivity contribution in [3.05, 3.63) is 0 Å². The summed E-state index contributed by atoms with van der Waals surface area (Å²) in [4.78, 5) is 35.1. The number of hydrogen-bond acceptors (Lipinski definition) is 9. The van der Waals surface area contributed by atoms with Gasteiger partial charge in [0, 0.05) is 0 Å². The molecule has 0 saturated carbocycles. The van der Waals surface area contributed by atoms with Crippen molar-refractivity contribution in [1.29, 1.82) is 0 Å². The molecule has 0 rings (SSSR count). The zero-order valence-electron chi connectivity index (χ0n) is 27.1. The van der Waals surface area contributed by atoms with Crippen LogP contribution in [0.25, 0.3) is 0 Å². The first-order valence-corrected chi connectivity index (χ1v) is 17.7. The first kappa shape index (κ1) is 50.3.